The van der Waals surface area contributed by atoms with Crippen LogP contribution in [-0.2, 0) is 10.3 Å². The summed E-state index contributed by atoms with van der Waals surface area (Å²) in [6.45, 7) is 4.99. The van der Waals surface area contributed by atoms with Gasteiger partial charge in [-0.25, -0.2) is 4.98 Å². The van der Waals surface area contributed by atoms with Crippen molar-refractivity contribution in [2.24, 2.45) is 0 Å². The zero-order chi connectivity index (χ0) is 14.9. The summed E-state index contributed by atoms with van der Waals surface area (Å²) < 4.78 is 7.25. The Morgan fingerprint density at radius 2 is 2.00 bits per heavy atom. The molecule has 2 aromatic rings. The highest BCUT2D eigenvalue weighted by atomic mass is 79.9. The Hall–Kier alpha value is -0.710. The molecule has 0 amide bonds. The summed E-state index contributed by atoms with van der Waals surface area (Å²) >= 11 is 5.43. The Labute approximate surface area is 138 Å². The van der Waals surface area contributed by atoms with Crippen LogP contribution in [0.25, 0.3) is 11.3 Å². The molecule has 0 radical (unpaired) electrons. The minimum Gasteiger partial charge on any atom is -0.368 e. The highest BCUT2D eigenvalue weighted by Gasteiger charge is 2.39. The smallest absolute Gasteiger partial charge is 0.126 e. The lowest BCUT2D eigenvalue weighted by atomic mass is 10.0. The quantitative estimate of drug-likeness (QED) is 0.694. The van der Waals surface area contributed by atoms with Crippen molar-refractivity contribution in [1.29, 1.82) is 0 Å². The van der Waals surface area contributed by atoms with Crippen LogP contribution in [0.4, 0.5) is 0 Å². The second kappa shape index (κ2) is 6.19. The van der Waals surface area contributed by atoms with Gasteiger partial charge < -0.3 is 4.74 Å². The monoisotopic (exact) mass is 365 g/mol. The Morgan fingerprint density at radius 1 is 1.29 bits per heavy atom. The standard InChI is InChI=1S/C17H20BrNOS/c1-3-20-17(10-6-7-11-17)16-19-15(12(2)21-16)13-8-4-5-9-14(13)18/h4-5,8-9H,3,6-7,10-11H2,1-2H3. The van der Waals surface area contributed by atoms with Crippen LogP contribution < -0.4 is 0 Å². The van der Waals surface area contributed by atoms with Crippen LogP contribution in [0.5, 0.6) is 0 Å². The SMILES string of the molecule is CCOC1(c2nc(-c3ccccc3Br)c(C)s2)CCCC1. The fourth-order valence-corrected chi connectivity index (χ4v) is 4.74. The predicted molar refractivity (Wildman–Crippen MR) is 91.8 cm³/mol. The molecule has 1 aromatic heterocycles. The second-order valence-electron chi connectivity index (χ2n) is 5.54. The molecule has 0 N–H and O–H groups in total. The first kappa shape index (κ1) is 15.2. The molecule has 0 atom stereocenters. The summed E-state index contributed by atoms with van der Waals surface area (Å²) in [5, 5.41) is 1.16. The third kappa shape index (κ3) is 2.81. The van der Waals surface area contributed by atoms with E-state index in [4.69, 9.17) is 9.72 Å². The summed E-state index contributed by atoms with van der Waals surface area (Å²) in [4.78, 5) is 6.24. The molecule has 4 heteroatoms. The van der Waals surface area contributed by atoms with E-state index in [2.05, 4.69) is 48.0 Å². The van der Waals surface area contributed by atoms with E-state index in [-0.39, 0.29) is 5.60 Å². The number of hydrogen-bond acceptors (Lipinski definition) is 3. The molecule has 1 aliphatic carbocycles. The van der Waals surface area contributed by atoms with E-state index in [1.54, 1.807) is 11.3 Å². The summed E-state index contributed by atoms with van der Waals surface area (Å²) in [7, 11) is 0. The van der Waals surface area contributed by atoms with Gasteiger partial charge in [0, 0.05) is 21.5 Å². The maximum Gasteiger partial charge on any atom is 0.126 e. The number of benzene rings is 1. The van der Waals surface area contributed by atoms with Gasteiger partial charge in [-0.05, 0) is 32.8 Å². The third-order valence-electron chi connectivity index (χ3n) is 4.15. The molecule has 2 nitrogen and oxygen atoms in total. The van der Waals surface area contributed by atoms with Gasteiger partial charge >= 0.3 is 0 Å². The highest BCUT2D eigenvalue weighted by molar-refractivity contribution is 9.10. The number of hydrogen-bond donors (Lipinski definition) is 0. The van der Waals surface area contributed by atoms with Crippen LogP contribution >= 0.6 is 27.3 Å². The first-order valence-corrected chi connectivity index (χ1v) is 9.14. The normalized spacial score (nSPS) is 17.3. The first-order valence-electron chi connectivity index (χ1n) is 7.53. The third-order valence-corrected chi connectivity index (χ3v) is 5.99. The minimum atomic E-state index is -0.135. The number of aryl methyl sites for hydroxylation is 1. The number of thiazole rings is 1. The van der Waals surface area contributed by atoms with Crippen molar-refractivity contribution in [3.05, 3.63) is 38.6 Å². The van der Waals surface area contributed by atoms with Crippen molar-refractivity contribution >= 4 is 27.3 Å². The maximum absolute atomic E-state index is 6.15. The van der Waals surface area contributed by atoms with Crippen molar-refractivity contribution in [3.63, 3.8) is 0 Å². The lowest BCUT2D eigenvalue weighted by molar-refractivity contribution is -0.0390. The zero-order valence-corrected chi connectivity index (χ0v) is 14.9. The van der Waals surface area contributed by atoms with E-state index in [0.717, 1.165) is 34.6 Å². The Kier molecular flexibility index (Phi) is 4.48. The largest absolute Gasteiger partial charge is 0.368 e. The number of halogens is 1. The van der Waals surface area contributed by atoms with E-state index in [9.17, 15) is 0 Å². The molecular weight excluding hydrogens is 346 g/mol. The number of nitrogens with zero attached hydrogens (tertiary/aromatic N) is 1. The number of rotatable bonds is 4. The van der Waals surface area contributed by atoms with E-state index < -0.39 is 0 Å². The van der Waals surface area contributed by atoms with Crippen LogP contribution in [0.1, 0.15) is 42.5 Å². The van der Waals surface area contributed by atoms with Crippen LogP contribution in [0.3, 0.4) is 0 Å². The van der Waals surface area contributed by atoms with Gasteiger partial charge in [0.1, 0.15) is 10.6 Å². The van der Waals surface area contributed by atoms with Gasteiger partial charge in [0.05, 0.1) is 5.69 Å². The second-order valence-corrected chi connectivity index (χ2v) is 7.60. The average molecular weight is 366 g/mol. The van der Waals surface area contributed by atoms with Gasteiger partial charge in [0.15, 0.2) is 0 Å². The van der Waals surface area contributed by atoms with Gasteiger partial charge in [-0.2, -0.15) is 0 Å². The highest BCUT2D eigenvalue weighted by Crippen LogP contribution is 2.45. The van der Waals surface area contributed by atoms with Crippen molar-refractivity contribution in [2.45, 2.75) is 45.1 Å². The molecule has 112 valence electrons. The average Bonchev–Trinajstić information content (AvgIpc) is 3.08. The molecule has 1 aromatic carbocycles. The van der Waals surface area contributed by atoms with Gasteiger partial charge in [0.25, 0.3) is 0 Å². The Balaban J connectivity index is 2.03. The van der Waals surface area contributed by atoms with E-state index >= 15 is 0 Å². The number of aromatic nitrogens is 1. The van der Waals surface area contributed by atoms with Gasteiger partial charge in [-0.1, -0.05) is 47.0 Å². The fourth-order valence-electron chi connectivity index (χ4n) is 3.14. The molecular formula is C17H20BrNOS. The molecule has 1 saturated carbocycles. The van der Waals surface area contributed by atoms with Crippen LogP contribution in [-0.4, -0.2) is 11.6 Å². The molecule has 0 saturated heterocycles. The molecule has 0 unspecified atom stereocenters. The Bertz CT molecular complexity index is 631. The van der Waals surface area contributed by atoms with Crippen LogP contribution in [0.15, 0.2) is 28.7 Å². The lowest BCUT2D eigenvalue weighted by Gasteiger charge is -2.26. The summed E-state index contributed by atoms with van der Waals surface area (Å²) in [6.07, 6.45) is 4.68. The van der Waals surface area contributed by atoms with Crippen molar-refractivity contribution in [2.75, 3.05) is 6.61 Å². The van der Waals surface area contributed by atoms with Crippen LogP contribution in [0.2, 0.25) is 0 Å². The predicted octanol–water partition coefficient (Wildman–Crippen LogP) is 5.69. The van der Waals surface area contributed by atoms with Crippen molar-refractivity contribution < 1.29 is 4.74 Å². The topological polar surface area (TPSA) is 22.1 Å². The van der Waals surface area contributed by atoms with E-state index in [0.29, 0.717) is 0 Å². The maximum atomic E-state index is 6.15. The summed E-state index contributed by atoms with van der Waals surface area (Å²) in [6, 6.07) is 8.29. The van der Waals surface area contributed by atoms with E-state index in [1.165, 1.54) is 23.3 Å². The summed E-state index contributed by atoms with van der Waals surface area (Å²) in [5.41, 5.74) is 2.12. The minimum absolute atomic E-state index is 0.135. The molecule has 0 bridgehead atoms. The van der Waals surface area contributed by atoms with Gasteiger partial charge in [-0.3, -0.25) is 0 Å². The van der Waals surface area contributed by atoms with Gasteiger partial charge in [0.2, 0.25) is 0 Å². The molecule has 1 fully saturated rings. The van der Waals surface area contributed by atoms with Crippen molar-refractivity contribution in [3.8, 4) is 11.3 Å². The molecule has 1 heterocycles. The number of ether oxygens (including phenoxy) is 1. The Morgan fingerprint density at radius 3 is 2.67 bits per heavy atom. The van der Waals surface area contributed by atoms with Crippen LogP contribution in [0, 0.1) is 6.92 Å². The van der Waals surface area contributed by atoms with E-state index in [1.807, 2.05) is 6.07 Å². The molecule has 3 rings (SSSR count). The van der Waals surface area contributed by atoms with Gasteiger partial charge in [-0.15, -0.1) is 11.3 Å². The molecule has 0 aliphatic heterocycles. The summed E-state index contributed by atoms with van der Waals surface area (Å²) in [5.74, 6) is 0. The molecule has 0 spiro atoms. The zero-order valence-electron chi connectivity index (χ0n) is 12.5. The first-order chi connectivity index (χ1) is 10.2. The molecule has 21 heavy (non-hydrogen) atoms. The fraction of sp³-hybridized carbons (Fsp3) is 0.471. The lowest BCUT2D eigenvalue weighted by Crippen LogP contribution is -2.25. The van der Waals surface area contributed by atoms with Crippen molar-refractivity contribution in [1.82, 2.24) is 4.98 Å². The molecule has 1 aliphatic rings.